The van der Waals surface area contributed by atoms with Gasteiger partial charge in [-0.15, -0.1) is 0 Å². The van der Waals surface area contributed by atoms with E-state index in [9.17, 15) is 26.7 Å². The van der Waals surface area contributed by atoms with Crippen molar-refractivity contribution < 1.29 is 31.5 Å². The summed E-state index contributed by atoms with van der Waals surface area (Å²) in [6, 6.07) is 7.19. The average molecular weight is 373 g/mol. The number of hydrogen-bond donors (Lipinski definition) is 0. The zero-order chi connectivity index (χ0) is 19.7. The van der Waals surface area contributed by atoms with Gasteiger partial charge in [0.1, 0.15) is 5.75 Å². The summed E-state index contributed by atoms with van der Waals surface area (Å²) in [7, 11) is 3.03. The highest BCUT2D eigenvalue weighted by Gasteiger charge is 2.53. The molecule has 0 bridgehead atoms. The second-order valence-electron chi connectivity index (χ2n) is 5.93. The van der Waals surface area contributed by atoms with Crippen LogP contribution in [-0.4, -0.2) is 30.8 Å². The van der Waals surface area contributed by atoms with Crippen LogP contribution in [0.5, 0.6) is 11.5 Å². The molecule has 0 saturated heterocycles. The molecule has 2 rings (SSSR count). The van der Waals surface area contributed by atoms with Crippen molar-refractivity contribution in [1.29, 1.82) is 0 Å². The topological polar surface area (TPSA) is 29.5 Å². The van der Waals surface area contributed by atoms with Crippen molar-refractivity contribution in [2.75, 3.05) is 14.1 Å². The maximum Gasteiger partial charge on any atom is 0.335 e. The minimum atomic E-state index is -4.34. The van der Waals surface area contributed by atoms with Crippen molar-refractivity contribution in [3.05, 3.63) is 59.4 Å². The molecular weight excluding hydrogens is 357 g/mol. The minimum Gasteiger partial charge on any atom is -0.454 e. The number of hydrogen-bond acceptors (Lipinski definition) is 2. The van der Waals surface area contributed by atoms with E-state index in [1.54, 1.807) is 0 Å². The monoisotopic (exact) mass is 373 g/mol. The summed E-state index contributed by atoms with van der Waals surface area (Å²) in [4.78, 5) is 13.0. The zero-order valence-electron chi connectivity index (χ0n) is 14.2. The summed E-state index contributed by atoms with van der Waals surface area (Å²) in [5.74, 6) is -10.0. The van der Waals surface area contributed by atoms with Crippen LogP contribution in [0.1, 0.15) is 22.8 Å². The van der Waals surface area contributed by atoms with Crippen LogP contribution >= 0.6 is 0 Å². The number of nitrogens with zero attached hydrogens (tertiary/aromatic N) is 1. The molecule has 0 unspecified atom stereocenters. The summed E-state index contributed by atoms with van der Waals surface area (Å²) in [6.07, 6.45) is 0. The van der Waals surface area contributed by atoms with E-state index < -0.39 is 29.1 Å². The Balaban J connectivity index is 2.21. The highest BCUT2D eigenvalue weighted by Crippen LogP contribution is 2.43. The number of amides is 1. The number of halogens is 5. The van der Waals surface area contributed by atoms with Crippen LogP contribution in [0.25, 0.3) is 0 Å². The first kappa shape index (κ1) is 19.7. The van der Waals surface area contributed by atoms with Gasteiger partial charge in [-0.2, -0.15) is 17.6 Å². The van der Waals surface area contributed by atoms with Crippen LogP contribution in [-0.2, 0) is 5.92 Å². The molecule has 1 amide bonds. The second kappa shape index (κ2) is 6.93. The Kier molecular flexibility index (Phi) is 5.25. The Hall–Kier alpha value is -2.64. The maximum absolute atomic E-state index is 14.1. The lowest BCUT2D eigenvalue weighted by molar-refractivity contribution is -0.204. The molecule has 0 aliphatic heterocycles. The smallest absolute Gasteiger partial charge is 0.335 e. The predicted octanol–water partition coefficient (Wildman–Crippen LogP) is 5.07. The van der Waals surface area contributed by atoms with Gasteiger partial charge in [0.15, 0.2) is 11.6 Å². The van der Waals surface area contributed by atoms with Gasteiger partial charge < -0.3 is 9.64 Å². The molecule has 2 aromatic carbocycles. The summed E-state index contributed by atoms with van der Waals surface area (Å²) >= 11 is 0. The van der Waals surface area contributed by atoms with Crippen LogP contribution in [0.3, 0.4) is 0 Å². The van der Waals surface area contributed by atoms with Crippen LogP contribution in [0, 0.1) is 5.82 Å². The maximum atomic E-state index is 14.1. The largest absolute Gasteiger partial charge is 0.454 e. The second-order valence-corrected chi connectivity index (χ2v) is 5.93. The van der Waals surface area contributed by atoms with Gasteiger partial charge in [0, 0.05) is 32.1 Å². The summed E-state index contributed by atoms with van der Waals surface area (Å²) in [5.41, 5.74) is -0.773. The zero-order valence-corrected chi connectivity index (χ0v) is 14.2. The van der Waals surface area contributed by atoms with Crippen LogP contribution < -0.4 is 4.74 Å². The first-order chi connectivity index (χ1) is 11.9. The van der Waals surface area contributed by atoms with Crippen LogP contribution in [0.4, 0.5) is 22.0 Å². The molecule has 0 aliphatic rings. The third-order valence-electron chi connectivity index (χ3n) is 3.58. The number of alkyl halides is 4. The van der Waals surface area contributed by atoms with E-state index in [2.05, 4.69) is 0 Å². The van der Waals surface area contributed by atoms with E-state index in [0.717, 1.165) is 30.3 Å². The third kappa shape index (κ3) is 3.95. The Morgan fingerprint density at radius 2 is 1.58 bits per heavy atom. The van der Waals surface area contributed by atoms with Crippen molar-refractivity contribution in [2.45, 2.75) is 18.8 Å². The molecule has 26 heavy (non-hydrogen) atoms. The lowest BCUT2D eigenvalue weighted by Crippen LogP contribution is -2.34. The minimum absolute atomic E-state index is 0.0189. The van der Waals surface area contributed by atoms with E-state index in [0.29, 0.717) is 0 Å². The molecule has 3 nitrogen and oxygen atoms in total. The summed E-state index contributed by atoms with van der Waals surface area (Å²) in [6.45, 7) is 0.128. The number of carbonyl (C=O) groups is 1. The lowest BCUT2D eigenvalue weighted by atomic mass is 10.0. The molecule has 140 valence electrons. The fourth-order valence-electron chi connectivity index (χ4n) is 2.09. The van der Waals surface area contributed by atoms with Gasteiger partial charge in [-0.3, -0.25) is 4.79 Å². The summed E-state index contributed by atoms with van der Waals surface area (Å²) < 4.78 is 72.4. The van der Waals surface area contributed by atoms with Crippen LogP contribution in [0.15, 0.2) is 42.5 Å². The van der Waals surface area contributed by atoms with Crippen molar-refractivity contribution in [3.8, 4) is 11.5 Å². The Labute approximate surface area is 147 Å². The molecule has 0 aliphatic carbocycles. The van der Waals surface area contributed by atoms with Crippen molar-refractivity contribution in [2.24, 2.45) is 0 Å². The van der Waals surface area contributed by atoms with E-state index >= 15 is 0 Å². The quantitative estimate of drug-likeness (QED) is 0.685. The predicted molar refractivity (Wildman–Crippen MR) is 85.4 cm³/mol. The fourth-order valence-corrected chi connectivity index (χ4v) is 2.09. The molecule has 0 spiro atoms. The number of carbonyl (C=O) groups excluding carboxylic acids is 1. The number of rotatable bonds is 5. The number of ether oxygens (including phenoxy) is 1. The summed E-state index contributed by atoms with van der Waals surface area (Å²) in [5, 5.41) is 0. The normalized spacial score (nSPS) is 12.0. The van der Waals surface area contributed by atoms with E-state index in [1.807, 2.05) is 0 Å². The third-order valence-corrected chi connectivity index (χ3v) is 3.58. The van der Waals surface area contributed by atoms with Gasteiger partial charge in [0.05, 0.1) is 0 Å². The SMILES string of the molecule is CN(C)C(=O)c1ccc(Oc2ccc(C(F)(F)C(C)(F)F)cc2)c(F)c1. The Morgan fingerprint density at radius 3 is 2.04 bits per heavy atom. The molecule has 0 radical (unpaired) electrons. The average Bonchev–Trinajstić information content (AvgIpc) is 2.55. The molecular formula is C18H16F5NO2. The van der Waals surface area contributed by atoms with Gasteiger partial charge in [-0.25, -0.2) is 4.39 Å². The van der Waals surface area contributed by atoms with Crippen LogP contribution in [0.2, 0.25) is 0 Å². The molecule has 0 aromatic heterocycles. The molecule has 0 fully saturated rings. The first-order valence-corrected chi connectivity index (χ1v) is 7.48. The van der Waals surface area contributed by atoms with E-state index in [1.165, 1.54) is 31.1 Å². The van der Waals surface area contributed by atoms with Crippen molar-refractivity contribution in [3.63, 3.8) is 0 Å². The molecule has 0 saturated carbocycles. The molecule has 0 atom stereocenters. The van der Waals surface area contributed by atoms with Gasteiger partial charge in [0.25, 0.3) is 5.91 Å². The highest BCUT2D eigenvalue weighted by molar-refractivity contribution is 5.94. The highest BCUT2D eigenvalue weighted by atomic mass is 19.3. The lowest BCUT2D eigenvalue weighted by Gasteiger charge is -2.23. The Bertz CT molecular complexity index is 798. The first-order valence-electron chi connectivity index (χ1n) is 7.48. The molecule has 0 heterocycles. The van der Waals surface area contributed by atoms with Gasteiger partial charge in [-0.05, 0) is 42.5 Å². The standard InChI is InChI=1S/C18H16F5NO2/c1-17(20,21)18(22,23)12-5-7-13(8-6-12)26-15-9-4-11(10-14(15)19)16(25)24(2)3/h4-10H,1-3H3. The number of benzene rings is 2. The van der Waals surface area contributed by atoms with Gasteiger partial charge in [0.2, 0.25) is 0 Å². The Morgan fingerprint density at radius 1 is 1.00 bits per heavy atom. The van der Waals surface area contributed by atoms with Crippen molar-refractivity contribution >= 4 is 5.91 Å². The molecule has 8 heteroatoms. The van der Waals surface area contributed by atoms with Gasteiger partial charge in [-0.1, -0.05) is 0 Å². The fraction of sp³-hybridized carbons (Fsp3) is 0.278. The van der Waals surface area contributed by atoms with Gasteiger partial charge >= 0.3 is 11.8 Å². The van der Waals surface area contributed by atoms with Crippen molar-refractivity contribution in [1.82, 2.24) is 4.90 Å². The molecule has 0 N–H and O–H groups in total. The van der Waals surface area contributed by atoms with E-state index in [4.69, 9.17) is 4.74 Å². The van der Waals surface area contributed by atoms with E-state index in [-0.39, 0.29) is 24.0 Å². The molecule has 2 aromatic rings.